The van der Waals surface area contributed by atoms with Crippen molar-refractivity contribution < 1.29 is 22.7 Å². The van der Waals surface area contributed by atoms with Crippen LogP contribution in [0.15, 0.2) is 42.5 Å². The Morgan fingerprint density at radius 3 is 2.47 bits per heavy atom. The molecule has 1 fully saturated rings. The summed E-state index contributed by atoms with van der Waals surface area (Å²) in [7, 11) is -1.73. The molecule has 1 heterocycles. The lowest BCUT2D eigenvalue weighted by atomic mass is 10.1. The predicted molar refractivity (Wildman–Crippen MR) is 116 cm³/mol. The molecule has 30 heavy (non-hydrogen) atoms. The van der Waals surface area contributed by atoms with Crippen molar-refractivity contribution in [3.8, 4) is 0 Å². The van der Waals surface area contributed by atoms with E-state index in [9.17, 15) is 18.0 Å². The van der Waals surface area contributed by atoms with E-state index >= 15 is 0 Å². The van der Waals surface area contributed by atoms with Crippen molar-refractivity contribution in [2.24, 2.45) is 0 Å². The van der Waals surface area contributed by atoms with E-state index in [-0.39, 0.29) is 22.6 Å². The zero-order valence-electron chi connectivity index (χ0n) is 16.4. The van der Waals surface area contributed by atoms with Gasteiger partial charge in [0.2, 0.25) is 10.0 Å². The lowest BCUT2D eigenvalue weighted by Gasteiger charge is -2.17. The molecule has 0 aromatic heterocycles. The predicted octanol–water partition coefficient (Wildman–Crippen LogP) is 2.51. The van der Waals surface area contributed by atoms with Gasteiger partial charge < -0.3 is 15.4 Å². The third-order valence-electron chi connectivity index (χ3n) is 4.58. The molecule has 0 saturated carbocycles. The van der Waals surface area contributed by atoms with Crippen LogP contribution in [0.25, 0.3) is 0 Å². The van der Waals surface area contributed by atoms with E-state index in [1.807, 2.05) is 0 Å². The minimum Gasteiger partial charge on any atom is -0.383 e. The molecule has 2 aromatic carbocycles. The molecular weight excluding hydrogens is 430 g/mol. The van der Waals surface area contributed by atoms with Gasteiger partial charge in [-0.3, -0.25) is 13.9 Å². The number of anilines is 2. The third kappa shape index (κ3) is 5.10. The maximum atomic E-state index is 12.5. The molecule has 8 nitrogen and oxygen atoms in total. The van der Waals surface area contributed by atoms with E-state index in [1.165, 1.54) is 16.4 Å². The van der Waals surface area contributed by atoms with Crippen LogP contribution in [-0.2, 0) is 14.8 Å². The van der Waals surface area contributed by atoms with Crippen molar-refractivity contribution in [3.63, 3.8) is 0 Å². The Balaban J connectivity index is 1.66. The number of rotatable bonds is 7. The summed E-state index contributed by atoms with van der Waals surface area (Å²) >= 11 is 6.18. The molecule has 10 heteroatoms. The lowest BCUT2D eigenvalue weighted by molar-refractivity contribution is 0.0936. The lowest BCUT2D eigenvalue weighted by Crippen LogP contribution is -2.27. The maximum absolute atomic E-state index is 12.5. The molecule has 1 aliphatic rings. The van der Waals surface area contributed by atoms with Gasteiger partial charge in [-0.25, -0.2) is 8.42 Å². The Morgan fingerprint density at radius 1 is 1.13 bits per heavy atom. The second-order valence-electron chi connectivity index (χ2n) is 6.69. The van der Waals surface area contributed by atoms with Crippen LogP contribution in [-0.4, -0.2) is 52.8 Å². The fourth-order valence-corrected chi connectivity index (χ4v) is 4.88. The van der Waals surface area contributed by atoms with Crippen LogP contribution in [0, 0.1) is 0 Å². The highest BCUT2D eigenvalue weighted by atomic mass is 35.5. The van der Waals surface area contributed by atoms with Gasteiger partial charge in [0.1, 0.15) is 0 Å². The molecule has 0 spiro atoms. The molecule has 3 rings (SSSR count). The summed E-state index contributed by atoms with van der Waals surface area (Å²) in [5.41, 5.74) is 1.63. The van der Waals surface area contributed by atoms with Crippen molar-refractivity contribution in [2.45, 2.75) is 6.42 Å². The monoisotopic (exact) mass is 451 g/mol. The number of nitrogens with zero attached hydrogens (tertiary/aromatic N) is 1. The standard InChI is InChI=1S/C20H22ClN3O5S/c1-29-11-9-22-20(26)17-8-5-15(13-18(17)21)23-19(25)14-3-6-16(7-4-14)24-10-2-12-30(24,27)28/h3-8,13H,2,9-12H2,1H3,(H,22,26)(H,23,25). The maximum Gasteiger partial charge on any atom is 0.255 e. The summed E-state index contributed by atoms with van der Waals surface area (Å²) < 4.78 is 30.2. The molecule has 2 amide bonds. The smallest absolute Gasteiger partial charge is 0.255 e. The second kappa shape index (κ2) is 9.46. The van der Waals surface area contributed by atoms with Gasteiger partial charge in [-0.15, -0.1) is 0 Å². The molecule has 0 bridgehead atoms. The Labute approximate surface area is 180 Å². The molecule has 2 N–H and O–H groups in total. The second-order valence-corrected chi connectivity index (χ2v) is 9.11. The Morgan fingerprint density at radius 2 is 1.87 bits per heavy atom. The van der Waals surface area contributed by atoms with Crippen molar-refractivity contribution in [1.82, 2.24) is 5.32 Å². The van der Waals surface area contributed by atoms with E-state index in [0.29, 0.717) is 48.6 Å². The molecule has 1 aliphatic heterocycles. The zero-order chi connectivity index (χ0) is 21.7. The molecule has 1 saturated heterocycles. The molecular formula is C20H22ClN3O5S. The van der Waals surface area contributed by atoms with Crippen molar-refractivity contribution in [2.75, 3.05) is 42.2 Å². The molecule has 0 radical (unpaired) electrons. The van der Waals surface area contributed by atoms with E-state index in [4.69, 9.17) is 16.3 Å². The summed E-state index contributed by atoms with van der Waals surface area (Å²) in [5, 5.41) is 5.60. The first-order chi connectivity index (χ1) is 14.3. The first-order valence-corrected chi connectivity index (χ1v) is 11.3. The number of hydrogen-bond acceptors (Lipinski definition) is 5. The van der Waals surface area contributed by atoms with Crippen molar-refractivity contribution in [3.05, 3.63) is 58.6 Å². The number of halogens is 1. The average molecular weight is 452 g/mol. The van der Waals surface area contributed by atoms with Gasteiger partial charge in [0.25, 0.3) is 11.8 Å². The number of amides is 2. The van der Waals surface area contributed by atoms with Gasteiger partial charge in [0.05, 0.1) is 28.6 Å². The number of carbonyl (C=O) groups is 2. The number of ether oxygens (including phenoxy) is 1. The summed E-state index contributed by atoms with van der Waals surface area (Å²) in [4.78, 5) is 24.6. The van der Waals surface area contributed by atoms with E-state index in [1.54, 1.807) is 37.4 Å². The zero-order valence-corrected chi connectivity index (χ0v) is 17.9. The normalized spacial score (nSPS) is 15.1. The first kappa shape index (κ1) is 22.1. The highest BCUT2D eigenvalue weighted by Crippen LogP contribution is 2.25. The Hall–Kier alpha value is -2.62. The average Bonchev–Trinajstić information content (AvgIpc) is 3.07. The van der Waals surface area contributed by atoms with Gasteiger partial charge in [-0.2, -0.15) is 0 Å². The van der Waals surface area contributed by atoms with Crippen LogP contribution >= 0.6 is 11.6 Å². The third-order valence-corrected chi connectivity index (χ3v) is 6.76. The van der Waals surface area contributed by atoms with Gasteiger partial charge >= 0.3 is 0 Å². The van der Waals surface area contributed by atoms with Crippen LogP contribution in [0.4, 0.5) is 11.4 Å². The van der Waals surface area contributed by atoms with Crippen LogP contribution in [0.1, 0.15) is 27.1 Å². The number of carbonyl (C=O) groups excluding carboxylic acids is 2. The molecule has 0 atom stereocenters. The van der Waals surface area contributed by atoms with Crippen molar-refractivity contribution >= 4 is 44.8 Å². The molecule has 2 aromatic rings. The topological polar surface area (TPSA) is 105 Å². The number of methoxy groups -OCH3 is 1. The number of nitrogens with one attached hydrogen (secondary N) is 2. The minimum absolute atomic E-state index is 0.135. The minimum atomic E-state index is -3.27. The SMILES string of the molecule is COCCNC(=O)c1ccc(NC(=O)c2ccc(N3CCCS3(=O)=O)cc2)cc1Cl. The molecule has 0 aliphatic carbocycles. The highest BCUT2D eigenvalue weighted by Gasteiger charge is 2.28. The van der Waals surface area contributed by atoms with Crippen LogP contribution in [0.5, 0.6) is 0 Å². The summed E-state index contributed by atoms with van der Waals surface area (Å²) in [6, 6.07) is 11.0. The largest absolute Gasteiger partial charge is 0.383 e. The quantitative estimate of drug-likeness (QED) is 0.629. The van der Waals surface area contributed by atoms with Gasteiger partial charge in [-0.05, 0) is 48.9 Å². The molecule has 0 unspecified atom stereocenters. The van der Waals surface area contributed by atoms with Crippen LogP contribution < -0.4 is 14.9 Å². The summed E-state index contributed by atoms with van der Waals surface area (Å²) in [5.74, 6) is -0.572. The highest BCUT2D eigenvalue weighted by molar-refractivity contribution is 7.93. The van der Waals surface area contributed by atoms with Crippen LogP contribution in [0.2, 0.25) is 5.02 Å². The Bertz CT molecular complexity index is 1040. The summed E-state index contributed by atoms with van der Waals surface area (Å²) in [6.07, 6.45) is 0.589. The number of sulfonamides is 1. The van der Waals surface area contributed by atoms with Gasteiger partial charge in [-0.1, -0.05) is 11.6 Å². The van der Waals surface area contributed by atoms with E-state index in [0.717, 1.165) is 0 Å². The van der Waals surface area contributed by atoms with Crippen molar-refractivity contribution in [1.29, 1.82) is 0 Å². The molecule has 160 valence electrons. The summed E-state index contributed by atoms with van der Waals surface area (Å²) in [6.45, 7) is 1.19. The van der Waals surface area contributed by atoms with Gasteiger partial charge in [0, 0.05) is 31.5 Å². The fourth-order valence-electron chi connectivity index (χ4n) is 3.05. The Kier molecular flexibility index (Phi) is 6.96. The first-order valence-electron chi connectivity index (χ1n) is 9.30. The fraction of sp³-hybridized carbons (Fsp3) is 0.300. The van der Waals surface area contributed by atoms with E-state index in [2.05, 4.69) is 10.6 Å². The number of benzene rings is 2. The van der Waals surface area contributed by atoms with Crippen LogP contribution in [0.3, 0.4) is 0 Å². The number of hydrogen-bond donors (Lipinski definition) is 2. The van der Waals surface area contributed by atoms with E-state index < -0.39 is 10.0 Å². The van der Waals surface area contributed by atoms with Gasteiger partial charge in [0.15, 0.2) is 0 Å².